The van der Waals surface area contributed by atoms with Crippen LogP contribution in [0.5, 0.6) is 0 Å². The molecule has 0 aliphatic heterocycles. The fraction of sp³-hybridized carbons (Fsp3) is 0.200. The lowest BCUT2D eigenvalue weighted by atomic mass is 10.2. The van der Waals surface area contributed by atoms with Crippen LogP contribution in [0.4, 0.5) is 4.39 Å². The molecule has 0 radical (unpaired) electrons. The lowest BCUT2D eigenvalue weighted by molar-refractivity contribution is -0.120. The van der Waals surface area contributed by atoms with Crippen molar-refractivity contribution >= 4 is 12.1 Å². The van der Waals surface area contributed by atoms with Crippen LogP contribution in [0.1, 0.15) is 18.9 Å². The minimum absolute atomic E-state index is 0.150. The summed E-state index contributed by atoms with van der Waals surface area (Å²) in [7, 11) is 0. The van der Waals surface area contributed by atoms with E-state index in [-0.39, 0.29) is 11.7 Å². The van der Waals surface area contributed by atoms with Crippen LogP contribution in [0, 0.1) is 5.82 Å². The lowest BCUT2D eigenvalue weighted by Gasteiger charge is -1.94. The van der Waals surface area contributed by atoms with Crippen LogP contribution < -0.4 is 5.43 Å². The first-order chi connectivity index (χ1) is 6.72. The molecule has 0 bridgehead atoms. The first-order valence-corrected chi connectivity index (χ1v) is 4.30. The summed E-state index contributed by atoms with van der Waals surface area (Å²) < 4.78 is 12.5. The number of benzene rings is 1. The standard InChI is InChI=1S/C10H11FN2O/c1-2-10(14)13-12-7-8-3-5-9(11)6-4-8/h3-7H,2H2,1H3,(H,13,14)/b12-7-. The van der Waals surface area contributed by atoms with Gasteiger partial charge in [-0.2, -0.15) is 5.10 Å². The topological polar surface area (TPSA) is 41.5 Å². The van der Waals surface area contributed by atoms with E-state index in [4.69, 9.17) is 0 Å². The zero-order valence-electron chi connectivity index (χ0n) is 7.83. The van der Waals surface area contributed by atoms with Crippen molar-refractivity contribution in [2.75, 3.05) is 0 Å². The summed E-state index contributed by atoms with van der Waals surface area (Å²) >= 11 is 0. The maximum atomic E-state index is 12.5. The van der Waals surface area contributed by atoms with Crippen molar-refractivity contribution < 1.29 is 9.18 Å². The molecule has 0 fully saturated rings. The van der Waals surface area contributed by atoms with E-state index in [1.165, 1.54) is 18.3 Å². The summed E-state index contributed by atoms with van der Waals surface area (Å²) in [6.45, 7) is 1.74. The molecule has 3 nitrogen and oxygen atoms in total. The van der Waals surface area contributed by atoms with Gasteiger partial charge in [0.05, 0.1) is 6.21 Å². The largest absolute Gasteiger partial charge is 0.273 e. The van der Waals surface area contributed by atoms with Crippen molar-refractivity contribution in [2.45, 2.75) is 13.3 Å². The molecule has 0 heterocycles. The van der Waals surface area contributed by atoms with Gasteiger partial charge in [0.25, 0.3) is 0 Å². The highest BCUT2D eigenvalue weighted by Gasteiger charge is 1.92. The molecule has 1 amide bonds. The average Bonchev–Trinajstić information content (AvgIpc) is 2.21. The predicted molar refractivity (Wildman–Crippen MR) is 52.4 cm³/mol. The zero-order valence-corrected chi connectivity index (χ0v) is 7.83. The molecule has 1 rings (SSSR count). The number of hydrazone groups is 1. The van der Waals surface area contributed by atoms with Crippen molar-refractivity contribution in [3.05, 3.63) is 35.6 Å². The smallest absolute Gasteiger partial charge is 0.239 e. The van der Waals surface area contributed by atoms with Crippen molar-refractivity contribution in [3.63, 3.8) is 0 Å². The quantitative estimate of drug-likeness (QED) is 0.577. The summed E-state index contributed by atoms with van der Waals surface area (Å²) in [6, 6.07) is 5.83. The molecule has 0 aliphatic carbocycles. The van der Waals surface area contributed by atoms with Crippen LogP contribution >= 0.6 is 0 Å². The minimum Gasteiger partial charge on any atom is -0.273 e. The Balaban J connectivity index is 2.52. The molecule has 74 valence electrons. The van der Waals surface area contributed by atoms with Gasteiger partial charge < -0.3 is 0 Å². The van der Waals surface area contributed by atoms with Crippen molar-refractivity contribution in [2.24, 2.45) is 5.10 Å². The highest BCUT2D eigenvalue weighted by molar-refractivity contribution is 5.82. The molecule has 0 aromatic heterocycles. The van der Waals surface area contributed by atoms with E-state index in [0.29, 0.717) is 6.42 Å². The Bertz CT molecular complexity index is 332. The maximum Gasteiger partial charge on any atom is 0.239 e. The second-order valence-corrected chi connectivity index (χ2v) is 2.70. The van der Waals surface area contributed by atoms with Gasteiger partial charge in [0.1, 0.15) is 5.82 Å². The van der Waals surface area contributed by atoms with Crippen LogP contribution in [0.3, 0.4) is 0 Å². The van der Waals surface area contributed by atoms with Gasteiger partial charge in [-0.25, -0.2) is 9.82 Å². The van der Waals surface area contributed by atoms with E-state index in [1.54, 1.807) is 19.1 Å². The van der Waals surface area contributed by atoms with Gasteiger partial charge in [-0.15, -0.1) is 0 Å². The molecule has 1 N–H and O–H groups in total. The summed E-state index contributed by atoms with van der Waals surface area (Å²) in [6.07, 6.45) is 1.85. The maximum absolute atomic E-state index is 12.5. The molecule has 0 unspecified atom stereocenters. The molecule has 0 atom stereocenters. The Morgan fingerprint density at radius 3 is 2.71 bits per heavy atom. The summed E-state index contributed by atoms with van der Waals surface area (Å²) in [5.41, 5.74) is 3.07. The monoisotopic (exact) mass is 194 g/mol. The zero-order chi connectivity index (χ0) is 10.4. The number of carbonyl (C=O) groups is 1. The SMILES string of the molecule is CCC(=O)N/N=C\c1ccc(F)cc1. The van der Waals surface area contributed by atoms with E-state index in [9.17, 15) is 9.18 Å². The first-order valence-electron chi connectivity index (χ1n) is 4.30. The number of hydrogen-bond donors (Lipinski definition) is 1. The number of nitrogens with zero attached hydrogens (tertiary/aromatic N) is 1. The summed E-state index contributed by atoms with van der Waals surface area (Å²) in [4.78, 5) is 10.8. The molecule has 0 saturated carbocycles. The normalized spacial score (nSPS) is 10.4. The van der Waals surface area contributed by atoms with Gasteiger partial charge in [-0.1, -0.05) is 19.1 Å². The number of nitrogens with one attached hydrogen (secondary N) is 1. The average molecular weight is 194 g/mol. The summed E-state index contributed by atoms with van der Waals surface area (Å²) in [5, 5.41) is 3.70. The Morgan fingerprint density at radius 2 is 2.14 bits per heavy atom. The van der Waals surface area contributed by atoms with Gasteiger partial charge in [0.2, 0.25) is 5.91 Å². The van der Waals surface area contributed by atoms with Crippen LogP contribution in [0.25, 0.3) is 0 Å². The Labute approximate surface area is 81.6 Å². The molecular weight excluding hydrogens is 183 g/mol. The second kappa shape index (κ2) is 5.11. The lowest BCUT2D eigenvalue weighted by Crippen LogP contribution is -2.15. The van der Waals surface area contributed by atoms with E-state index in [0.717, 1.165) is 5.56 Å². The van der Waals surface area contributed by atoms with Gasteiger partial charge >= 0.3 is 0 Å². The van der Waals surface area contributed by atoms with Gasteiger partial charge in [-0.05, 0) is 17.7 Å². The molecule has 0 saturated heterocycles. The first kappa shape index (κ1) is 10.4. The van der Waals surface area contributed by atoms with Crippen LogP contribution in [0.15, 0.2) is 29.4 Å². The Kier molecular flexibility index (Phi) is 3.79. The van der Waals surface area contributed by atoms with E-state index < -0.39 is 0 Å². The number of halogens is 1. The van der Waals surface area contributed by atoms with Crippen molar-refractivity contribution in [1.29, 1.82) is 0 Å². The fourth-order valence-electron chi connectivity index (χ4n) is 0.807. The number of rotatable bonds is 3. The van der Waals surface area contributed by atoms with Crippen molar-refractivity contribution in [3.8, 4) is 0 Å². The fourth-order valence-corrected chi connectivity index (χ4v) is 0.807. The molecule has 0 spiro atoms. The predicted octanol–water partition coefficient (Wildman–Crippen LogP) is 1.69. The summed E-state index contributed by atoms with van der Waals surface area (Å²) in [5.74, 6) is -0.442. The molecular formula is C10H11FN2O. The number of carbonyl (C=O) groups excluding carboxylic acids is 1. The molecule has 1 aromatic rings. The molecule has 14 heavy (non-hydrogen) atoms. The third kappa shape index (κ3) is 3.35. The van der Waals surface area contributed by atoms with E-state index >= 15 is 0 Å². The van der Waals surface area contributed by atoms with Gasteiger partial charge in [0, 0.05) is 6.42 Å². The van der Waals surface area contributed by atoms with E-state index in [1.807, 2.05) is 0 Å². The Hall–Kier alpha value is -1.71. The van der Waals surface area contributed by atoms with Crippen LogP contribution in [-0.2, 0) is 4.79 Å². The molecule has 0 aliphatic rings. The Morgan fingerprint density at radius 1 is 1.50 bits per heavy atom. The van der Waals surface area contributed by atoms with E-state index in [2.05, 4.69) is 10.5 Å². The highest BCUT2D eigenvalue weighted by Crippen LogP contribution is 1.99. The van der Waals surface area contributed by atoms with Crippen molar-refractivity contribution in [1.82, 2.24) is 5.43 Å². The van der Waals surface area contributed by atoms with Gasteiger partial charge in [-0.3, -0.25) is 4.79 Å². The van der Waals surface area contributed by atoms with Gasteiger partial charge in [0.15, 0.2) is 0 Å². The third-order valence-electron chi connectivity index (χ3n) is 1.59. The number of hydrogen-bond acceptors (Lipinski definition) is 2. The molecule has 1 aromatic carbocycles. The van der Waals surface area contributed by atoms with Crippen LogP contribution in [-0.4, -0.2) is 12.1 Å². The number of amides is 1. The third-order valence-corrected chi connectivity index (χ3v) is 1.59. The second-order valence-electron chi connectivity index (χ2n) is 2.70. The minimum atomic E-state index is -0.292. The van der Waals surface area contributed by atoms with Crippen LogP contribution in [0.2, 0.25) is 0 Å². The molecule has 4 heteroatoms. The highest BCUT2D eigenvalue weighted by atomic mass is 19.1.